The van der Waals surface area contributed by atoms with Gasteiger partial charge in [-0.2, -0.15) is 4.98 Å². The molecule has 0 unspecified atom stereocenters. The van der Waals surface area contributed by atoms with Gasteiger partial charge in [-0.05, 0) is 105 Å². The van der Waals surface area contributed by atoms with Gasteiger partial charge >= 0.3 is 0 Å². The molecule has 1 saturated heterocycles. The summed E-state index contributed by atoms with van der Waals surface area (Å²) in [5, 5.41) is 16.7. The Labute approximate surface area is 307 Å². The molecule has 2 aliphatic carbocycles. The highest BCUT2D eigenvalue weighted by Gasteiger charge is 2.28. The number of aliphatic hydroxyl groups excluding tert-OH is 1. The van der Waals surface area contributed by atoms with Crippen LogP contribution in [0.2, 0.25) is 0 Å². The van der Waals surface area contributed by atoms with Crippen molar-refractivity contribution < 1.29 is 9.90 Å². The maximum absolute atomic E-state index is 12.3. The molecule has 0 atom stereocenters. The van der Waals surface area contributed by atoms with Gasteiger partial charge in [0.25, 0.3) is 5.91 Å². The number of anilines is 3. The van der Waals surface area contributed by atoms with E-state index in [1.165, 1.54) is 5.56 Å². The van der Waals surface area contributed by atoms with Crippen LogP contribution in [0, 0.1) is 11.8 Å². The predicted molar refractivity (Wildman–Crippen MR) is 207 cm³/mol. The number of benzene rings is 2. The van der Waals surface area contributed by atoms with Crippen LogP contribution in [0.5, 0.6) is 0 Å². The second-order valence-corrected chi connectivity index (χ2v) is 14.5. The molecule has 10 heteroatoms. The summed E-state index contributed by atoms with van der Waals surface area (Å²) in [6, 6.07) is 21.0. The number of nitrogens with zero attached hydrogens (tertiary/aromatic N) is 6. The summed E-state index contributed by atoms with van der Waals surface area (Å²) in [5.41, 5.74) is 6.32. The molecule has 0 radical (unpaired) electrons. The van der Waals surface area contributed by atoms with Crippen LogP contribution in [0.1, 0.15) is 79.0 Å². The molecule has 3 aliphatic rings. The van der Waals surface area contributed by atoms with Crippen LogP contribution in [0.15, 0.2) is 73.1 Å². The molecule has 270 valence electrons. The molecular formula is C42H50N8O2. The number of carbonyl (C=O) groups excluding carboxylic acids is 1. The minimum absolute atomic E-state index is 0.0824. The van der Waals surface area contributed by atoms with Gasteiger partial charge in [-0.25, -0.2) is 9.97 Å². The Morgan fingerprint density at radius 1 is 0.885 bits per heavy atom. The van der Waals surface area contributed by atoms with Crippen molar-refractivity contribution in [3.8, 4) is 23.0 Å². The van der Waals surface area contributed by atoms with Crippen molar-refractivity contribution in [1.29, 1.82) is 0 Å². The van der Waals surface area contributed by atoms with E-state index in [1.54, 1.807) is 18.3 Å². The molecule has 2 aromatic carbocycles. The average molecular weight is 699 g/mol. The molecule has 2 aromatic heterocycles. The highest BCUT2D eigenvalue weighted by molar-refractivity contribution is 5.94. The van der Waals surface area contributed by atoms with Gasteiger partial charge in [-0.1, -0.05) is 37.1 Å². The van der Waals surface area contributed by atoms with Crippen LogP contribution in [-0.4, -0.2) is 93.7 Å². The third-order valence-electron chi connectivity index (χ3n) is 10.3. The molecule has 0 spiro atoms. The minimum Gasteiger partial charge on any atom is -0.393 e. The molecule has 2 saturated carbocycles. The molecule has 52 heavy (non-hydrogen) atoms. The topological polar surface area (TPSA) is 110 Å². The lowest BCUT2D eigenvalue weighted by molar-refractivity contribution is 0.0950. The zero-order valence-electron chi connectivity index (χ0n) is 30.4. The van der Waals surface area contributed by atoms with Gasteiger partial charge in [-0.15, -0.1) is 0 Å². The number of nitrogens with one attached hydrogen (secondary N) is 2. The van der Waals surface area contributed by atoms with Crippen LogP contribution < -0.4 is 15.5 Å². The summed E-state index contributed by atoms with van der Waals surface area (Å²) >= 11 is 0. The van der Waals surface area contributed by atoms with Gasteiger partial charge in [0, 0.05) is 80.6 Å². The Bertz CT molecular complexity index is 1850. The molecular weight excluding hydrogens is 649 g/mol. The third-order valence-corrected chi connectivity index (χ3v) is 10.3. The van der Waals surface area contributed by atoms with E-state index in [-0.39, 0.29) is 12.0 Å². The van der Waals surface area contributed by atoms with Crippen LogP contribution in [0.4, 0.5) is 17.5 Å². The fourth-order valence-corrected chi connectivity index (χ4v) is 6.98. The Morgan fingerprint density at radius 2 is 1.63 bits per heavy atom. The van der Waals surface area contributed by atoms with Crippen molar-refractivity contribution in [2.45, 2.75) is 76.6 Å². The van der Waals surface area contributed by atoms with Gasteiger partial charge in [0.15, 0.2) is 0 Å². The smallest absolute Gasteiger partial charge is 0.253 e. The van der Waals surface area contributed by atoms with E-state index in [0.29, 0.717) is 29.3 Å². The van der Waals surface area contributed by atoms with E-state index in [9.17, 15) is 9.90 Å². The minimum atomic E-state index is -0.219. The summed E-state index contributed by atoms with van der Waals surface area (Å²) in [4.78, 5) is 34.0. The first-order valence-electron chi connectivity index (χ1n) is 18.9. The third kappa shape index (κ3) is 9.34. The number of rotatable bonds is 11. The van der Waals surface area contributed by atoms with Gasteiger partial charge in [0.2, 0.25) is 5.95 Å². The molecule has 3 fully saturated rings. The Kier molecular flexibility index (Phi) is 11.4. The van der Waals surface area contributed by atoms with Crippen LogP contribution in [0.3, 0.4) is 0 Å². The molecule has 4 aromatic rings. The SMILES string of the molecule is CCCN(c1nc(Nc2ccc(C#Cc3ccc(C(=O)NC4CC4)cn3)cc2)ncc1-c1ccc(CN2CCN(C)CC2)cc1)C1CCC(O)CC1. The van der Waals surface area contributed by atoms with Crippen LogP contribution in [-0.2, 0) is 6.54 Å². The second-order valence-electron chi connectivity index (χ2n) is 14.5. The average Bonchev–Trinajstić information content (AvgIpc) is 3.99. The largest absolute Gasteiger partial charge is 0.393 e. The quantitative estimate of drug-likeness (QED) is 0.167. The summed E-state index contributed by atoms with van der Waals surface area (Å²) in [5.74, 6) is 7.66. The van der Waals surface area contributed by atoms with Gasteiger partial charge < -0.3 is 25.5 Å². The molecule has 0 bridgehead atoms. The van der Waals surface area contributed by atoms with Crippen molar-refractivity contribution >= 4 is 23.4 Å². The van der Waals surface area contributed by atoms with Crippen molar-refractivity contribution in [2.75, 3.05) is 50.0 Å². The zero-order chi connectivity index (χ0) is 35.9. The van der Waals surface area contributed by atoms with Crippen molar-refractivity contribution in [2.24, 2.45) is 0 Å². The van der Waals surface area contributed by atoms with Gasteiger partial charge in [-0.3, -0.25) is 9.69 Å². The van der Waals surface area contributed by atoms with Crippen molar-refractivity contribution in [1.82, 2.24) is 30.1 Å². The fraction of sp³-hybridized carbons (Fsp3) is 0.429. The predicted octanol–water partition coefficient (Wildman–Crippen LogP) is 5.84. The first-order valence-corrected chi connectivity index (χ1v) is 18.9. The fourth-order valence-electron chi connectivity index (χ4n) is 6.98. The number of aliphatic hydroxyl groups is 1. The lowest BCUT2D eigenvalue weighted by Crippen LogP contribution is -2.43. The Balaban J connectivity index is 1.08. The molecule has 3 heterocycles. The number of pyridine rings is 1. The van der Waals surface area contributed by atoms with E-state index < -0.39 is 0 Å². The van der Waals surface area contributed by atoms with E-state index in [0.717, 1.165) is 112 Å². The van der Waals surface area contributed by atoms with Gasteiger partial charge in [0.1, 0.15) is 11.5 Å². The van der Waals surface area contributed by atoms with Crippen LogP contribution >= 0.6 is 0 Å². The highest BCUT2D eigenvalue weighted by atomic mass is 16.3. The standard InChI is InChI=1S/C42H50N8O2/c1-3-22-50(37-18-20-38(51)21-19-37)40-39(32-9-4-31(5-10-32)29-49-25-23-48(2)24-26-49)28-44-42(47-40)46-36-13-7-30(8-14-36)6-12-34-15-11-33(27-43-34)41(52)45-35-16-17-35/h4-5,7-11,13-15,27-28,35,37-38,51H,3,16-26,29H2,1-2H3,(H,45,52)(H,44,46,47). The number of hydrogen-bond acceptors (Lipinski definition) is 9. The molecule has 3 N–H and O–H groups in total. The molecule has 1 aliphatic heterocycles. The molecule has 7 rings (SSSR count). The van der Waals surface area contributed by atoms with E-state index in [4.69, 9.17) is 9.97 Å². The van der Waals surface area contributed by atoms with E-state index in [1.807, 2.05) is 30.5 Å². The number of aromatic nitrogens is 3. The second kappa shape index (κ2) is 16.7. The number of hydrogen-bond donors (Lipinski definition) is 3. The normalized spacial score (nSPS) is 19.4. The van der Waals surface area contributed by atoms with Crippen molar-refractivity contribution in [3.63, 3.8) is 0 Å². The van der Waals surface area contributed by atoms with E-state index in [2.05, 4.69) is 80.4 Å². The lowest BCUT2D eigenvalue weighted by atomic mass is 9.91. The summed E-state index contributed by atoms with van der Waals surface area (Å²) in [6.45, 7) is 8.46. The number of piperazine rings is 1. The van der Waals surface area contributed by atoms with Crippen molar-refractivity contribution in [3.05, 3.63) is 95.4 Å². The summed E-state index contributed by atoms with van der Waals surface area (Å²) in [7, 11) is 2.19. The maximum Gasteiger partial charge on any atom is 0.253 e. The number of amides is 1. The molecule has 1 amide bonds. The summed E-state index contributed by atoms with van der Waals surface area (Å²) in [6.07, 6.45) is 9.91. The highest BCUT2D eigenvalue weighted by Crippen LogP contribution is 2.35. The molecule has 10 nitrogen and oxygen atoms in total. The monoisotopic (exact) mass is 698 g/mol. The van der Waals surface area contributed by atoms with Crippen LogP contribution in [0.25, 0.3) is 11.1 Å². The summed E-state index contributed by atoms with van der Waals surface area (Å²) < 4.78 is 0. The first-order chi connectivity index (χ1) is 25.4. The number of carbonyl (C=O) groups is 1. The lowest BCUT2D eigenvalue weighted by Gasteiger charge is -2.37. The Hall–Kier alpha value is -4.82. The zero-order valence-corrected chi connectivity index (χ0v) is 30.4. The first kappa shape index (κ1) is 35.6. The van der Waals surface area contributed by atoms with Gasteiger partial charge in [0.05, 0.1) is 11.7 Å². The maximum atomic E-state index is 12.3. The van der Waals surface area contributed by atoms with E-state index >= 15 is 0 Å². The Morgan fingerprint density at radius 3 is 2.31 bits per heavy atom. The number of likely N-dealkylation sites (N-methyl/N-ethyl adjacent to an activating group) is 1.